The van der Waals surface area contributed by atoms with Crippen molar-refractivity contribution in [2.45, 2.75) is 20.3 Å². The summed E-state index contributed by atoms with van der Waals surface area (Å²) in [5.41, 5.74) is 1.41. The van der Waals surface area contributed by atoms with Gasteiger partial charge in [-0.15, -0.1) is 11.6 Å². The van der Waals surface area contributed by atoms with Crippen molar-refractivity contribution in [1.29, 1.82) is 0 Å². The van der Waals surface area contributed by atoms with E-state index in [4.69, 9.17) is 16.3 Å². The van der Waals surface area contributed by atoms with E-state index < -0.39 is 0 Å². The maximum atomic E-state index is 5.91. The van der Waals surface area contributed by atoms with Crippen molar-refractivity contribution < 1.29 is 4.74 Å². The molecule has 0 unspecified atom stereocenters. The number of halogens is 2. The van der Waals surface area contributed by atoms with Gasteiger partial charge in [0.25, 0.3) is 0 Å². The molecule has 0 aromatic heterocycles. The highest BCUT2D eigenvalue weighted by Gasteiger charge is 2.17. The molecule has 0 heterocycles. The van der Waals surface area contributed by atoms with Crippen LogP contribution in [0.3, 0.4) is 0 Å². The average molecular weight is 292 g/mol. The van der Waals surface area contributed by atoms with E-state index in [0.717, 1.165) is 16.6 Å². The minimum atomic E-state index is 0.135. The normalized spacial score (nSPS) is 11.5. The molecule has 0 aliphatic carbocycles. The Morgan fingerprint density at radius 3 is 2.53 bits per heavy atom. The summed E-state index contributed by atoms with van der Waals surface area (Å²) in [5.74, 6) is 1.53. The van der Waals surface area contributed by atoms with Gasteiger partial charge in [-0.25, -0.2) is 0 Å². The van der Waals surface area contributed by atoms with Crippen LogP contribution in [0, 0.1) is 5.41 Å². The number of alkyl halides is 1. The Morgan fingerprint density at radius 2 is 2.07 bits per heavy atom. The van der Waals surface area contributed by atoms with Crippen LogP contribution in [0.4, 0.5) is 0 Å². The number of hydrogen-bond acceptors (Lipinski definition) is 1. The summed E-state index contributed by atoms with van der Waals surface area (Å²) in [4.78, 5) is 0. The molecule has 0 amide bonds. The first-order valence-electron chi connectivity index (χ1n) is 4.87. The van der Waals surface area contributed by atoms with Gasteiger partial charge < -0.3 is 4.74 Å². The van der Waals surface area contributed by atoms with E-state index in [2.05, 4.69) is 41.9 Å². The lowest BCUT2D eigenvalue weighted by atomic mass is 9.88. The van der Waals surface area contributed by atoms with E-state index in [-0.39, 0.29) is 5.41 Å². The van der Waals surface area contributed by atoms with E-state index in [0.29, 0.717) is 5.88 Å². The van der Waals surface area contributed by atoms with Crippen LogP contribution >= 0.6 is 27.5 Å². The molecular weight excluding hydrogens is 275 g/mol. The first-order valence-corrected chi connectivity index (χ1v) is 6.19. The second-order valence-corrected chi connectivity index (χ2v) is 5.57. The van der Waals surface area contributed by atoms with Crippen molar-refractivity contribution in [3.8, 4) is 5.75 Å². The Hall–Kier alpha value is -0.210. The predicted molar refractivity (Wildman–Crippen MR) is 68.9 cm³/mol. The quantitative estimate of drug-likeness (QED) is 0.753. The fourth-order valence-corrected chi connectivity index (χ4v) is 2.10. The van der Waals surface area contributed by atoms with Crippen LogP contribution in [0.2, 0.25) is 0 Å². The minimum Gasteiger partial charge on any atom is -0.496 e. The second-order valence-electron chi connectivity index (χ2n) is 4.44. The Labute approximate surface area is 105 Å². The van der Waals surface area contributed by atoms with Crippen molar-refractivity contribution in [2.24, 2.45) is 5.41 Å². The van der Waals surface area contributed by atoms with Crippen LogP contribution in [0.15, 0.2) is 22.7 Å². The van der Waals surface area contributed by atoms with E-state index in [9.17, 15) is 0 Å². The third-order valence-corrected chi connectivity index (χ3v) is 3.60. The molecule has 1 nitrogen and oxygen atoms in total. The number of methoxy groups -OCH3 is 1. The molecule has 15 heavy (non-hydrogen) atoms. The van der Waals surface area contributed by atoms with E-state index in [1.807, 2.05) is 6.07 Å². The van der Waals surface area contributed by atoms with Crippen molar-refractivity contribution >= 4 is 27.5 Å². The molecule has 84 valence electrons. The highest BCUT2D eigenvalue weighted by Crippen LogP contribution is 2.29. The lowest BCUT2D eigenvalue weighted by molar-refractivity contribution is 0.407. The highest BCUT2D eigenvalue weighted by molar-refractivity contribution is 9.10. The monoisotopic (exact) mass is 290 g/mol. The van der Waals surface area contributed by atoms with E-state index in [1.165, 1.54) is 5.56 Å². The number of rotatable bonds is 4. The molecule has 0 bridgehead atoms. The zero-order valence-corrected chi connectivity index (χ0v) is 11.7. The molecule has 1 aromatic rings. The molecule has 0 radical (unpaired) electrons. The predicted octanol–water partition coefficient (Wildman–Crippen LogP) is 4.27. The van der Waals surface area contributed by atoms with Gasteiger partial charge in [-0.05, 0) is 45.5 Å². The Kier molecular flexibility index (Phi) is 4.47. The summed E-state index contributed by atoms with van der Waals surface area (Å²) in [7, 11) is 1.67. The molecule has 0 aliphatic rings. The molecule has 0 aliphatic heterocycles. The van der Waals surface area contributed by atoms with Crippen LogP contribution < -0.4 is 4.74 Å². The Bertz CT molecular complexity index is 336. The maximum Gasteiger partial charge on any atom is 0.133 e. The van der Waals surface area contributed by atoms with Crippen LogP contribution in [-0.4, -0.2) is 13.0 Å². The zero-order valence-electron chi connectivity index (χ0n) is 9.31. The first-order chi connectivity index (χ1) is 6.98. The molecule has 0 N–H and O–H groups in total. The van der Waals surface area contributed by atoms with Crippen molar-refractivity contribution in [2.75, 3.05) is 13.0 Å². The number of ether oxygens (including phenoxy) is 1. The topological polar surface area (TPSA) is 9.23 Å². The number of benzene rings is 1. The van der Waals surface area contributed by atoms with Gasteiger partial charge in [0, 0.05) is 5.88 Å². The summed E-state index contributed by atoms with van der Waals surface area (Å²) in [6, 6.07) is 6.15. The standard InChI is InChI=1S/C12H16BrClO/c1-12(2,8-14)7-9-4-5-11(15-3)10(13)6-9/h4-6H,7-8H2,1-3H3. The molecular formula is C12H16BrClO. The van der Waals surface area contributed by atoms with Crippen LogP contribution in [0.1, 0.15) is 19.4 Å². The third-order valence-electron chi connectivity index (χ3n) is 2.26. The molecule has 0 saturated carbocycles. The Balaban J connectivity index is 2.84. The summed E-state index contributed by atoms with van der Waals surface area (Å²) in [5, 5.41) is 0. The smallest absolute Gasteiger partial charge is 0.133 e. The molecule has 0 atom stereocenters. The highest BCUT2D eigenvalue weighted by atomic mass is 79.9. The molecule has 0 fully saturated rings. The number of hydrogen-bond donors (Lipinski definition) is 0. The van der Waals surface area contributed by atoms with Gasteiger partial charge in [0.1, 0.15) is 5.75 Å². The molecule has 0 spiro atoms. The van der Waals surface area contributed by atoms with Gasteiger partial charge in [-0.2, -0.15) is 0 Å². The molecule has 1 aromatic carbocycles. The van der Waals surface area contributed by atoms with E-state index in [1.54, 1.807) is 7.11 Å². The van der Waals surface area contributed by atoms with Gasteiger partial charge in [0.2, 0.25) is 0 Å². The van der Waals surface area contributed by atoms with E-state index >= 15 is 0 Å². The van der Waals surface area contributed by atoms with Crippen molar-refractivity contribution in [3.63, 3.8) is 0 Å². The van der Waals surface area contributed by atoms with Crippen LogP contribution in [0.25, 0.3) is 0 Å². The summed E-state index contributed by atoms with van der Waals surface area (Å²) in [6.45, 7) is 4.33. The molecule has 1 rings (SSSR count). The van der Waals surface area contributed by atoms with Gasteiger partial charge >= 0.3 is 0 Å². The SMILES string of the molecule is COc1ccc(CC(C)(C)CCl)cc1Br. The Morgan fingerprint density at radius 1 is 1.40 bits per heavy atom. The van der Waals surface area contributed by atoms with Gasteiger partial charge in [0.05, 0.1) is 11.6 Å². The second kappa shape index (κ2) is 5.22. The minimum absolute atomic E-state index is 0.135. The third kappa shape index (κ3) is 3.69. The maximum absolute atomic E-state index is 5.91. The average Bonchev–Trinajstić information content (AvgIpc) is 2.17. The lowest BCUT2D eigenvalue weighted by Gasteiger charge is -2.21. The molecule has 3 heteroatoms. The van der Waals surface area contributed by atoms with Crippen LogP contribution in [-0.2, 0) is 6.42 Å². The van der Waals surface area contributed by atoms with Crippen molar-refractivity contribution in [3.05, 3.63) is 28.2 Å². The van der Waals surface area contributed by atoms with Gasteiger partial charge in [-0.3, -0.25) is 0 Å². The first kappa shape index (κ1) is 12.9. The van der Waals surface area contributed by atoms with Gasteiger partial charge in [-0.1, -0.05) is 19.9 Å². The largest absolute Gasteiger partial charge is 0.496 e. The fraction of sp³-hybridized carbons (Fsp3) is 0.500. The summed E-state index contributed by atoms with van der Waals surface area (Å²) < 4.78 is 6.18. The summed E-state index contributed by atoms with van der Waals surface area (Å²) in [6.07, 6.45) is 0.971. The van der Waals surface area contributed by atoms with Crippen molar-refractivity contribution in [1.82, 2.24) is 0 Å². The lowest BCUT2D eigenvalue weighted by Crippen LogP contribution is -2.16. The van der Waals surface area contributed by atoms with Crippen LogP contribution in [0.5, 0.6) is 5.75 Å². The zero-order chi connectivity index (χ0) is 11.5. The fourth-order valence-electron chi connectivity index (χ4n) is 1.42. The molecule has 0 saturated heterocycles. The summed E-state index contributed by atoms with van der Waals surface area (Å²) >= 11 is 9.38. The van der Waals surface area contributed by atoms with Gasteiger partial charge in [0.15, 0.2) is 0 Å².